The van der Waals surface area contributed by atoms with Gasteiger partial charge in [0.1, 0.15) is 30.5 Å². The van der Waals surface area contributed by atoms with Gasteiger partial charge >= 0.3 is 5.97 Å². The van der Waals surface area contributed by atoms with Gasteiger partial charge in [0.05, 0.1) is 0 Å². The molecule has 0 aromatic heterocycles. The molecule has 0 bridgehead atoms. The first-order chi connectivity index (χ1) is 14.4. The second-order valence-electron chi connectivity index (χ2n) is 6.53. The summed E-state index contributed by atoms with van der Waals surface area (Å²) < 4.78 is 17.1. The van der Waals surface area contributed by atoms with Crippen molar-refractivity contribution in [3.63, 3.8) is 0 Å². The fourth-order valence-corrected chi connectivity index (χ4v) is 3.25. The predicted molar refractivity (Wildman–Crippen MR) is 116 cm³/mol. The van der Waals surface area contributed by atoms with Crippen LogP contribution in [0.2, 0.25) is 10.0 Å². The van der Waals surface area contributed by atoms with Crippen LogP contribution in [0, 0.1) is 6.92 Å². The lowest BCUT2D eigenvalue weighted by atomic mass is 10.1. The number of para-hydroxylation sites is 1. The van der Waals surface area contributed by atoms with Gasteiger partial charge in [0.25, 0.3) is 0 Å². The lowest BCUT2D eigenvalue weighted by Crippen LogP contribution is -2.12. The standard InChI is InChI=1S/C23H20Cl2O5/c1-15-4-2-5-17(23(15)30-14-22(26)27)13-29-20-7-3-6-19(11-20)28-12-16-8-9-18(24)10-21(16)25/h2-11H,12-14H2,1H3,(H,26,27). The fourth-order valence-electron chi connectivity index (χ4n) is 2.78. The topological polar surface area (TPSA) is 65.0 Å². The summed E-state index contributed by atoms with van der Waals surface area (Å²) in [6.07, 6.45) is 0. The molecule has 0 spiro atoms. The highest BCUT2D eigenvalue weighted by Gasteiger charge is 2.10. The van der Waals surface area contributed by atoms with Crippen molar-refractivity contribution in [1.82, 2.24) is 0 Å². The van der Waals surface area contributed by atoms with E-state index in [9.17, 15) is 4.79 Å². The lowest BCUT2D eigenvalue weighted by Gasteiger charge is -2.14. The summed E-state index contributed by atoms with van der Waals surface area (Å²) in [6.45, 7) is 1.97. The summed E-state index contributed by atoms with van der Waals surface area (Å²) in [6, 6.07) is 18.1. The van der Waals surface area contributed by atoms with E-state index in [1.165, 1.54) is 0 Å². The highest BCUT2D eigenvalue weighted by molar-refractivity contribution is 6.35. The van der Waals surface area contributed by atoms with Gasteiger partial charge in [-0.1, -0.05) is 53.5 Å². The normalized spacial score (nSPS) is 10.5. The Hall–Kier alpha value is -2.89. The molecule has 0 aliphatic heterocycles. The summed E-state index contributed by atoms with van der Waals surface area (Å²) >= 11 is 12.1. The van der Waals surface area contributed by atoms with Gasteiger partial charge in [0.2, 0.25) is 0 Å². The van der Waals surface area contributed by atoms with E-state index in [-0.39, 0.29) is 6.61 Å². The summed E-state index contributed by atoms with van der Waals surface area (Å²) in [4.78, 5) is 10.8. The van der Waals surface area contributed by atoms with Gasteiger partial charge < -0.3 is 19.3 Å². The Bertz CT molecular complexity index is 1040. The highest BCUT2D eigenvalue weighted by Crippen LogP contribution is 2.27. The Balaban J connectivity index is 1.64. The SMILES string of the molecule is Cc1cccc(COc2cccc(OCc3ccc(Cl)cc3Cl)c2)c1OCC(=O)O. The number of carboxylic acids is 1. The lowest BCUT2D eigenvalue weighted by molar-refractivity contribution is -0.139. The first-order valence-electron chi connectivity index (χ1n) is 9.15. The molecule has 0 aliphatic rings. The summed E-state index contributed by atoms with van der Waals surface area (Å²) in [5.74, 6) is 0.728. The number of rotatable bonds is 9. The molecular formula is C23H20Cl2O5. The molecule has 0 heterocycles. The van der Waals surface area contributed by atoms with Gasteiger partial charge in [-0.25, -0.2) is 4.79 Å². The average molecular weight is 447 g/mol. The minimum absolute atomic E-state index is 0.225. The van der Waals surface area contributed by atoms with E-state index in [0.29, 0.717) is 33.9 Å². The fraction of sp³-hybridized carbons (Fsp3) is 0.174. The Morgan fingerprint density at radius 1 is 0.867 bits per heavy atom. The van der Waals surface area contributed by atoms with Crippen molar-refractivity contribution in [3.05, 3.63) is 87.4 Å². The van der Waals surface area contributed by atoms with Crippen LogP contribution in [0.5, 0.6) is 17.2 Å². The second-order valence-corrected chi connectivity index (χ2v) is 7.38. The average Bonchev–Trinajstić information content (AvgIpc) is 2.71. The van der Waals surface area contributed by atoms with Crippen LogP contribution >= 0.6 is 23.2 Å². The van der Waals surface area contributed by atoms with Crippen molar-refractivity contribution in [2.75, 3.05) is 6.61 Å². The minimum atomic E-state index is -1.03. The quantitative estimate of drug-likeness (QED) is 0.441. The molecular weight excluding hydrogens is 427 g/mol. The van der Waals surface area contributed by atoms with Crippen LogP contribution < -0.4 is 14.2 Å². The molecule has 0 unspecified atom stereocenters. The minimum Gasteiger partial charge on any atom is -0.489 e. The highest BCUT2D eigenvalue weighted by atomic mass is 35.5. The third-order valence-electron chi connectivity index (χ3n) is 4.24. The number of ether oxygens (including phenoxy) is 3. The molecule has 7 heteroatoms. The van der Waals surface area contributed by atoms with Gasteiger partial charge in [-0.05, 0) is 36.8 Å². The van der Waals surface area contributed by atoms with E-state index in [0.717, 1.165) is 16.7 Å². The van der Waals surface area contributed by atoms with Crippen LogP contribution in [0.1, 0.15) is 16.7 Å². The Morgan fingerprint density at radius 3 is 2.20 bits per heavy atom. The van der Waals surface area contributed by atoms with Crippen molar-refractivity contribution in [2.24, 2.45) is 0 Å². The molecule has 1 N–H and O–H groups in total. The van der Waals surface area contributed by atoms with E-state index in [1.54, 1.807) is 18.2 Å². The van der Waals surface area contributed by atoms with E-state index < -0.39 is 12.6 Å². The van der Waals surface area contributed by atoms with Crippen LogP contribution in [-0.4, -0.2) is 17.7 Å². The second kappa shape index (κ2) is 10.2. The maximum absolute atomic E-state index is 10.8. The number of aliphatic carboxylic acids is 1. The predicted octanol–water partition coefficient (Wildman–Crippen LogP) is 5.92. The molecule has 3 rings (SSSR count). The number of aryl methyl sites for hydroxylation is 1. The molecule has 3 aromatic carbocycles. The first kappa shape index (κ1) is 21.8. The number of carbonyl (C=O) groups is 1. The van der Waals surface area contributed by atoms with Crippen molar-refractivity contribution in [2.45, 2.75) is 20.1 Å². The molecule has 0 saturated carbocycles. The third kappa shape index (κ3) is 6.05. The van der Waals surface area contributed by atoms with Crippen LogP contribution in [0.15, 0.2) is 60.7 Å². The molecule has 0 saturated heterocycles. The molecule has 0 fully saturated rings. The summed E-state index contributed by atoms with van der Waals surface area (Å²) in [7, 11) is 0. The Kier molecular flexibility index (Phi) is 7.44. The Morgan fingerprint density at radius 2 is 1.53 bits per heavy atom. The molecule has 0 aliphatic carbocycles. The van der Waals surface area contributed by atoms with Crippen molar-refractivity contribution < 1.29 is 24.1 Å². The largest absolute Gasteiger partial charge is 0.489 e. The molecule has 0 atom stereocenters. The van der Waals surface area contributed by atoms with E-state index in [4.69, 9.17) is 42.5 Å². The Labute approximate surface area is 184 Å². The summed E-state index contributed by atoms with van der Waals surface area (Å²) in [5.41, 5.74) is 2.43. The molecule has 5 nitrogen and oxygen atoms in total. The van der Waals surface area contributed by atoms with Gasteiger partial charge in [0, 0.05) is 27.2 Å². The van der Waals surface area contributed by atoms with Gasteiger partial charge in [-0.3, -0.25) is 0 Å². The zero-order valence-corrected chi connectivity index (χ0v) is 17.7. The zero-order chi connectivity index (χ0) is 21.5. The number of benzene rings is 3. The zero-order valence-electron chi connectivity index (χ0n) is 16.2. The maximum atomic E-state index is 10.8. The first-order valence-corrected chi connectivity index (χ1v) is 9.90. The van der Waals surface area contributed by atoms with Crippen molar-refractivity contribution >= 4 is 29.2 Å². The number of hydrogen-bond acceptors (Lipinski definition) is 4. The van der Waals surface area contributed by atoms with Crippen LogP contribution in [0.4, 0.5) is 0 Å². The smallest absolute Gasteiger partial charge is 0.341 e. The molecule has 3 aromatic rings. The van der Waals surface area contributed by atoms with E-state index >= 15 is 0 Å². The van der Waals surface area contributed by atoms with Gasteiger partial charge in [-0.2, -0.15) is 0 Å². The van der Waals surface area contributed by atoms with E-state index in [2.05, 4.69) is 0 Å². The summed E-state index contributed by atoms with van der Waals surface area (Å²) in [5, 5.41) is 9.99. The van der Waals surface area contributed by atoms with Crippen LogP contribution in [0.3, 0.4) is 0 Å². The van der Waals surface area contributed by atoms with Crippen molar-refractivity contribution in [1.29, 1.82) is 0 Å². The molecule has 156 valence electrons. The van der Waals surface area contributed by atoms with Gasteiger partial charge in [0.15, 0.2) is 6.61 Å². The number of carboxylic acid groups (broad SMARTS) is 1. The number of hydrogen-bond donors (Lipinski definition) is 1. The van der Waals surface area contributed by atoms with Crippen LogP contribution in [-0.2, 0) is 18.0 Å². The molecule has 0 amide bonds. The third-order valence-corrected chi connectivity index (χ3v) is 4.83. The molecule has 0 radical (unpaired) electrons. The monoisotopic (exact) mass is 446 g/mol. The van der Waals surface area contributed by atoms with Crippen molar-refractivity contribution in [3.8, 4) is 17.2 Å². The van der Waals surface area contributed by atoms with E-state index in [1.807, 2.05) is 49.4 Å². The molecule has 30 heavy (non-hydrogen) atoms. The van der Waals surface area contributed by atoms with Crippen LogP contribution in [0.25, 0.3) is 0 Å². The number of halogens is 2. The van der Waals surface area contributed by atoms with Gasteiger partial charge in [-0.15, -0.1) is 0 Å². The maximum Gasteiger partial charge on any atom is 0.341 e.